The number of phenolic OH excluding ortho intramolecular Hbond substituents is 4. The fourth-order valence-electron chi connectivity index (χ4n) is 13.9. The summed E-state index contributed by atoms with van der Waals surface area (Å²) in [7, 11) is 7.39. The van der Waals surface area contributed by atoms with E-state index in [1.165, 1.54) is 0 Å². The third kappa shape index (κ3) is 12.6. The van der Waals surface area contributed by atoms with E-state index < -0.39 is 210 Å². The summed E-state index contributed by atoms with van der Waals surface area (Å²) in [5.41, 5.74) is -4.96. The first-order chi connectivity index (χ1) is 40.2. The van der Waals surface area contributed by atoms with Crippen molar-refractivity contribution in [1.82, 2.24) is 9.80 Å². The van der Waals surface area contributed by atoms with Gasteiger partial charge in [-0.3, -0.25) is 9.59 Å². The average molecular weight is 1210 g/mol. The fourth-order valence-corrected chi connectivity index (χ4v) is 13.9. The number of phenols is 4. The standard InChI is InChI=1S/C60H88N2O23/c1-12-60(73)23-38(80-41-19-30(61(8)9)55(26(4)76-41)83-43-21-36(67)57(28(6)78-43)81-39-17-15-32(63)24(2)74-39)47-50(54(72)49-48(53(47)71)51(69)45-34(65)13-14-35(66)46(45)52(49)70)59(60)85-42-20-31(62(10)11)56(27(5)77-42)84-44-22-37(68)58(29(7)79-44)82-40-18-16-33(64)25(3)75-40/h13-14,24-33,36-44,55-59,63-68,71-73H,12,15-23H2,1-11H3/t24-,25-,26-,27-,28-,29-,30-,31-,32-,33-,36-,37-,38-,39-,40-,41-,42-,43-,44-,55+,56+,57+,58+,59+,60+/m0/s1. The lowest BCUT2D eigenvalue weighted by Gasteiger charge is -2.50. The number of rotatable bonds is 15. The van der Waals surface area contributed by atoms with Gasteiger partial charge in [-0.05, 0) is 101 Å². The molecule has 0 bridgehead atoms. The average Bonchev–Trinajstić information content (AvgIpc) is 0.746. The first-order valence-electron chi connectivity index (χ1n) is 30.1. The minimum atomic E-state index is -1.96. The molecule has 10 rings (SSSR count). The summed E-state index contributed by atoms with van der Waals surface area (Å²) in [5, 5.41) is 104. The minimum absolute atomic E-state index is 0.0481. The van der Waals surface area contributed by atoms with E-state index in [1.807, 2.05) is 38.0 Å². The van der Waals surface area contributed by atoms with Crippen LogP contribution in [0.5, 0.6) is 23.0 Å². The topological polar surface area (TPSA) is 333 Å². The zero-order chi connectivity index (χ0) is 61.4. The largest absolute Gasteiger partial charge is 0.507 e. The summed E-state index contributed by atoms with van der Waals surface area (Å²) in [6.07, 6.45) is -15.9. The zero-order valence-electron chi connectivity index (χ0n) is 50.2. The molecule has 2 aromatic rings. The van der Waals surface area contributed by atoms with Crippen LogP contribution in [0, 0.1) is 0 Å². The number of hydrogen-bond donors (Lipinski definition) is 9. The summed E-state index contributed by atoms with van der Waals surface area (Å²) in [6, 6.07) is 1.17. The van der Waals surface area contributed by atoms with Gasteiger partial charge >= 0.3 is 0 Å². The van der Waals surface area contributed by atoms with Crippen molar-refractivity contribution in [3.8, 4) is 23.0 Å². The van der Waals surface area contributed by atoms with Crippen molar-refractivity contribution >= 4 is 11.6 Å². The van der Waals surface area contributed by atoms with Gasteiger partial charge in [0.15, 0.2) is 37.7 Å². The van der Waals surface area contributed by atoms with E-state index in [4.69, 9.17) is 56.8 Å². The number of ketones is 2. The molecule has 6 aliphatic heterocycles. The summed E-state index contributed by atoms with van der Waals surface area (Å²) in [6.45, 7) is 12.3. The molecule has 25 heteroatoms. The number of ether oxygens (including phenoxy) is 12. The molecule has 25 nitrogen and oxygen atoms in total. The Morgan fingerprint density at radius 2 is 0.835 bits per heavy atom. The van der Waals surface area contributed by atoms with Crippen molar-refractivity contribution in [2.24, 2.45) is 0 Å². The molecule has 6 saturated heterocycles. The first-order valence-corrected chi connectivity index (χ1v) is 30.1. The van der Waals surface area contributed by atoms with Gasteiger partial charge in [-0.2, -0.15) is 0 Å². The van der Waals surface area contributed by atoms with E-state index in [0.29, 0.717) is 25.7 Å². The van der Waals surface area contributed by atoms with E-state index in [9.17, 15) is 55.5 Å². The number of aliphatic hydroxyl groups is 5. The molecule has 8 aliphatic rings. The molecular formula is C60H88N2O23. The molecule has 0 saturated carbocycles. The van der Waals surface area contributed by atoms with Crippen LogP contribution in [0.2, 0.25) is 0 Å². The van der Waals surface area contributed by atoms with Crippen LogP contribution in [-0.2, 0) is 56.8 Å². The Bertz CT molecular complexity index is 2690. The van der Waals surface area contributed by atoms with Crippen LogP contribution >= 0.6 is 0 Å². The Labute approximate surface area is 494 Å². The highest BCUT2D eigenvalue weighted by atomic mass is 16.8. The van der Waals surface area contributed by atoms with Crippen molar-refractivity contribution in [2.75, 3.05) is 28.2 Å². The molecule has 0 aromatic heterocycles. The molecule has 0 spiro atoms. The molecule has 6 heterocycles. The van der Waals surface area contributed by atoms with Gasteiger partial charge in [0.1, 0.15) is 53.5 Å². The van der Waals surface area contributed by atoms with E-state index in [1.54, 1.807) is 48.5 Å². The van der Waals surface area contributed by atoms with Gasteiger partial charge in [-0.1, -0.05) is 6.92 Å². The number of nitrogens with zero attached hydrogens (tertiary/aromatic N) is 2. The Morgan fingerprint density at radius 3 is 1.22 bits per heavy atom. The number of benzene rings is 2. The van der Waals surface area contributed by atoms with E-state index >= 15 is 0 Å². The predicted octanol–water partition coefficient (Wildman–Crippen LogP) is 3.38. The summed E-state index contributed by atoms with van der Waals surface area (Å²) >= 11 is 0. The van der Waals surface area contributed by atoms with Crippen LogP contribution < -0.4 is 0 Å². The van der Waals surface area contributed by atoms with Gasteiger partial charge in [0.2, 0.25) is 11.6 Å². The van der Waals surface area contributed by atoms with Gasteiger partial charge in [-0.15, -0.1) is 0 Å². The minimum Gasteiger partial charge on any atom is -0.507 e. The van der Waals surface area contributed by atoms with Crippen LogP contribution in [0.25, 0.3) is 0 Å². The number of aromatic hydroxyl groups is 4. The second-order valence-corrected chi connectivity index (χ2v) is 25.0. The van der Waals surface area contributed by atoms with E-state index in [-0.39, 0.29) is 49.7 Å². The van der Waals surface area contributed by atoms with Crippen LogP contribution in [0.15, 0.2) is 12.1 Å². The molecule has 25 atom stereocenters. The van der Waals surface area contributed by atoms with Crippen molar-refractivity contribution in [2.45, 2.75) is 266 Å². The Morgan fingerprint density at radius 1 is 0.471 bits per heavy atom. The zero-order valence-corrected chi connectivity index (χ0v) is 50.2. The third-order valence-electron chi connectivity index (χ3n) is 18.8. The number of likely N-dealkylation sites (N-methyl/N-ethyl adjacent to an activating group) is 2. The SMILES string of the molecule is CC[C@@]1(O)C[C@H](O[C@H]2C[C@H](N(C)C)[C@H](O[C@H]3C[C@H](O)[C@H](O[C@H]4CC[C@H](O)[C@H](C)O4)[C@H](C)O3)[C@H](C)O2)c2c(O)c3c(c(O)c2[C@H]1O[C@H]1C[C@H](N(C)C)[C@H](O[C@H]2C[C@H](O)[C@H](O[C@H]4CC[C@H](O)[C@H](C)O4)[C@H](C)O2)[C@H](C)O1)C(=O)c1c(O)ccc(O)c1C3=O. The normalized spacial score (nSPS) is 42.5. The molecule has 0 unspecified atom stereocenters. The Kier molecular flexibility index (Phi) is 19.3. The maximum atomic E-state index is 14.6. The highest BCUT2D eigenvalue weighted by Gasteiger charge is 2.56. The quantitative estimate of drug-likeness (QED) is 0.0985. The van der Waals surface area contributed by atoms with Crippen molar-refractivity contribution < 1.29 is 112 Å². The lowest BCUT2D eigenvalue weighted by Crippen LogP contribution is -2.58. The fraction of sp³-hybridized carbons (Fsp3) is 0.767. The maximum Gasteiger partial charge on any atom is 0.202 e. The second-order valence-electron chi connectivity index (χ2n) is 25.0. The number of carbonyl (C=O) groups excluding carboxylic acids is 2. The van der Waals surface area contributed by atoms with Crippen molar-refractivity contribution in [3.63, 3.8) is 0 Å². The molecule has 476 valence electrons. The van der Waals surface area contributed by atoms with Crippen LogP contribution in [0.4, 0.5) is 0 Å². The summed E-state index contributed by atoms with van der Waals surface area (Å²) in [5.74, 6) is -5.10. The van der Waals surface area contributed by atoms with Crippen LogP contribution in [0.1, 0.15) is 168 Å². The molecule has 2 aliphatic carbocycles. The lowest BCUT2D eigenvalue weighted by molar-refractivity contribution is -0.334. The first kappa shape index (κ1) is 64.2. The Hall–Kier alpha value is -3.78. The number of aliphatic hydroxyl groups excluding tert-OH is 4. The third-order valence-corrected chi connectivity index (χ3v) is 18.8. The number of hydrogen-bond acceptors (Lipinski definition) is 25. The van der Waals surface area contributed by atoms with Crippen molar-refractivity contribution in [1.29, 1.82) is 0 Å². The maximum absolute atomic E-state index is 14.6. The monoisotopic (exact) mass is 1200 g/mol. The van der Waals surface area contributed by atoms with Gasteiger partial charge in [0.25, 0.3) is 0 Å². The van der Waals surface area contributed by atoms with Gasteiger partial charge in [-0.25, -0.2) is 0 Å². The van der Waals surface area contributed by atoms with E-state index in [0.717, 1.165) is 12.1 Å². The van der Waals surface area contributed by atoms with Gasteiger partial charge in [0, 0.05) is 68.2 Å². The van der Waals surface area contributed by atoms with E-state index in [2.05, 4.69) is 0 Å². The molecule has 6 fully saturated rings. The van der Waals surface area contributed by atoms with Crippen LogP contribution in [-0.4, -0.2) is 236 Å². The number of fused-ring (bicyclic) bond motifs is 3. The van der Waals surface area contributed by atoms with Crippen LogP contribution in [0.3, 0.4) is 0 Å². The molecular weight excluding hydrogens is 1120 g/mol. The van der Waals surface area contributed by atoms with Gasteiger partial charge in [0.05, 0.1) is 95.0 Å². The summed E-state index contributed by atoms with van der Waals surface area (Å²) < 4.78 is 76.7. The molecule has 85 heavy (non-hydrogen) atoms. The molecule has 0 radical (unpaired) electrons. The predicted molar refractivity (Wildman–Crippen MR) is 295 cm³/mol. The number of carbonyl (C=O) groups is 2. The molecule has 9 N–H and O–H groups in total. The second kappa shape index (κ2) is 25.6. The van der Waals surface area contributed by atoms with Gasteiger partial charge < -0.3 is 113 Å². The molecule has 2 aromatic carbocycles. The Balaban J connectivity index is 0.902. The van der Waals surface area contributed by atoms with Crippen molar-refractivity contribution in [3.05, 3.63) is 45.5 Å². The molecule has 0 amide bonds. The summed E-state index contributed by atoms with van der Waals surface area (Å²) in [4.78, 5) is 33.0. The highest BCUT2D eigenvalue weighted by Crippen LogP contribution is 2.59. The smallest absolute Gasteiger partial charge is 0.202 e. The lowest BCUT2D eigenvalue weighted by atomic mass is 9.70. The highest BCUT2D eigenvalue weighted by molar-refractivity contribution is 6.32.